The molecule has 1 aliphatic heterocycles. The number of ether oxygens (including phenoxy) is 1. The van der Waals surface area contributed by atoms with Gasteiger partial charge in [0.2, 0.25) is 5.91 Å². The number of halogens is 1. The molecular weight excluding hydrogens is 457 g/mol. The van der Waals surface area contributed by atoms with Gasteiger partial charge >= 0.3 is 0 Å². The molecule has 0 saturated carbocycles. The lowest BCUT2D eigenvalue weighted by Gasteiger charge is -2.36. The lowest BCUT2D eigenvalue weighted by molar-refractivity contribution is -0.134. The largest absolute Gasteiger partial charge is 0.453 e. The summed E-state index contributed by atoms with van der Waals surface area (Å²) in [4.78, 5) is 24.6. The van der Waals surface area contributed by atoms with E-state index < -0.39 is 11.9 Å². The van der Waals surface area contributed by atoms with E-state index in [2.05, 4.69) is 33.1 Å². The number of piperazine rings is 1. The summed E-state index contributed by atoms with van der Waals surface area (Å²) in [6, 6.07) is 7.65. The van der Waals surface area contributed by atoms with E-state index >= 15 is 0 Å². The molecule has 3 aromatic rings. The second-order valence-electron chi connectivity index (χ2n) is 9.59. The molecule has 0 spiro atoms. The number of nitrogens with zero attached hydrogens (tertiary/aromatic N) is 3. The number of allylic oxidation sites excluding steroid dienone is 3. The van der Waals surface area contributed by atoms with Crippen molar-refractivity contribution in [2.45, 2.75) is 32.2 Å². The van der Waals surface area contributed by atoms with Gasteiger partial charge in [0, 0.05) is 44.6 Å². The molecule has 0 radical (unpaired) electrons. The first-order valence-corrected chi connectivity index (χ1v) is 12.5. The molecule has 0 unspecified atom stereocenters. The van der Waals surface area contributed by atoms with E-state index in [4.69, 9.17) is 10.5 Å². The summed E-state index contributed by atoms with van der Waals surface area (Å²) in [5.41, 5.74) is 10.00. The van der Waals surface area contributed by atoms with Crippen molar-refractivity contribution in [2.24, 2.45) is 5.73 Å². The highest BCUT2D eigenvalue weighted by atomic mass is 19.1. The van der Waals surface area contributed by atoms with E-state index in [1.165, 1.54) is 11.6 Å². The van der Waals surface area contributed by atoms with Gasteiger partial charge in [-0.25, -0.2) is 9.37 Å². The molecule has 1 amide bonds. The predicted molar refractivity (Wildman–Crippen MR) is 138 cm³/mol. The minimum absolute atomic E-state index is 0.0859. The topological polar surface area (TPSA) is 87.5 Å². The van der Waals surface area contributed by atoms with Crippen LogP contribution in [-0.2, 0) is 11.2 Å². The molecule has 1 fully saturated rings. The standard InChI is InChI=1S/C28H32FN5O2/c1-19-15-22-25(9-10-31-27(22)32-19)36-26-8-7-21(16-23(26)29)17-24(30)28(35)34-13-11-33(12-14-34)18-20-5-3-2-4-6-20/h2-3,5,7-10,15-16,24H,4,6,11-14,17-18,30H2,1H3,(H,31,32)/t24-/m0/s1. The van der Waals surface area contributed by atoms with Crippen LogP contribution in [0.4, 0.5) is 4.39 Å². The van der Waals surface area contributed by atoms with Crippen LogP contribution in [0.25, 0.3) is 11.0 Å². The Balaban J connectivity index is 1.16. The van der Waals surface area contributed by atoms with Gasteiger partial charge in [0.1, 0.15) is 11.4 Å². The van der Waals surface area contributed by atoms with E-state index in [9.17, 15) is 9.18 Å². The first kappa shape index (κ1) is 24.2. The van der Waals surface area contributed by atoms with E-state index in [1.54, 1.807) is 24.4 Å². The molecule has 3 heterocycles. The number of H-pyrrole nitrogens is 1. The second kappa shape index (κ2) is 10.6. The summed E-state index contributed by atoms with van der Waals surface area (Å²) in [5, 5.41) is 0.790. The van der Waals surface area contributed by atoms with Gasteiger partial charge < -0.3 is 20.4 Å². The van der Waals surface area contributed by atoms with Crippen molar-refractivity contribution in [2.75, 3.05) is 32.7 Å². The van der Waals surface area contributed by atoms with Crippen LogP contribution in [0.15, 0.2) is 60.3 Å². The number of hydrogen-bond donors (Lipinski definition) is 2. The van der Waals surface area contributed by atoms with Crippen molar-refractivity contribution in [3.63, 3.8) is 0 Å². The first-order valence-electron chi connectivity index (χ1n) is 12.5. The number of pyridine rings is 1. The number of rotatable bonds is 7. The number of hydrogen-bond acceptors (Lipinski definition) is 5. The third-order valence-corrected chi connectivity index (χ3v) is 6.83. The van der Waals surface area contributed by atoms with Gasteiger partial charge in [0.05, 0.1) is 11.4 Å². The number of carbonyl (C=O) groups excluding carboxylic acids is 1. The van der Waals surface area contributed by atoms with E-state index in [1.807, 2.05) is 17.9 Å². The molecule has 5 rings (SSSR count). The Morgan fingerprint density at radius 2 is 2.03 bits per heavy atom. The highest BCUT2D eigenvalue weighted by molar-refractivity contribution is 5.83. The van der Waals surface area contributed by atoms with Gasteiger partial charge in [0.15, 0.2) is 11.6 Å². The fourth-order valence-electron chi connectivity index (χ4n) is 4.87. The summed E-state index contributed by atoms with van der Waals surface area (Å²) >= 11 is 0. The van der Waals surface area contributed by atoms with Crippen LogP contribution in [0.3, 0.4) is 0 Å². The Hall–Kier alpha value is -3.49. The van der Waals surface area contributed by atoms with E-state index in [-0.39, 0.29) is 18.1 Å². The molecule has 1 atom stereocenters. The molecule has 188 valence electrons. The van der Waals surface area contributed by atoms with Gasteiger partial charge in [-0.3, -0.25) is 9.69 Å². The van der Waals surface area contributed by atoms with Crippen molar-refractivity contribution in [1.29, 1.82) is 0 Å². The first-order chi connectivity index (χ1) is 17.5. The average Bonchev–Trinajstić information content (AvgIpc) is 3.27. The van der Waals surface area contributed by atoms with Crippen molar-refractivity contribution in [3.8, 4) is 11.5 Å². The minimum atomic E-state index is -0.712. The number of fused-ring (bicyclic) bond motifs is 1. The zero-order valence-electron chi connectivity index (χ0n) is 20.5. The molecule has 1 saturated heterocycles. The molecule has 1 aromatic carbocycles. The Morgan fingerprint density at radius 1 is 1.19 bits per heavy atom. The third-order valence-electron chi connectivity index (χ3n) is 6.83. The Morgan fingerprint density at radius 3 is 2.78 bits per heavy atom. The van der Waals surface area contributed by atoms with Crippen LogP contribution >= 0.6 is 0 Å². The third kappa shape index (κ3) is 5.50. The van der Waals surface area contributed by atoms with Crippen LogP contribution in [0.2, 0.25) is 0 Å². The van der Waals surface area contributed by atoms with E-state index in [0.29, 0.717) is 30.0 Å². The zero-order chi connectivity index (χ0) is 25.1. The van der Waals surface area contributed by atoms with Gasteiger partial charge in [-0.2, -0.15) is 0 Å². The number of amides is 1. The summed E-state index contributed by atoms with van der Waals surface area (Å²) in [6.45, 7) is 5.89. The van der Waals surface area contributed by atoms with Crippen molar-refractivity contribution in [3.05, 3.63) is 77.4 Å². The Labute approximate surface area is 210 Å². The van der Waals surface area contributed by atoms with Crippen molar-refractivity contribution >= 4 is 16.9 Å². The molecule has 1 aliphatic carbocycles. The quantitative estimate of drug-likeness (QED) is 0.522. The molecule has 8 heteroatoms. The maximum Gasteiger partial charge on any atom is 0.239 e. The van der Waals surface area contributed by atoms with E-state index in [0.717, 1.165) is 43.6 Å². The van der Waals surface area contributed by atoms with Crippen LogP contribution < -0.4 is 10.5 Å². The highest BCUT2D eigenvalue weighted by Crippen LogP contribution is 2.31. The molecule has 0 bridgehead atoms. The average molecular weight is 490 g/mol. The minimum Gasteiger partial charge on any atom is -0.453 e. The van der Waals surface area contributed by atoms with Crippen LogP contribution in [0, 0.1) is 12.7 Å². The lowest BCUT2D eigenvalue weighted by Crippen LogP contribution is -2.53. The Kier molecular flexibility index (Phi) is 7.16. The number of benzene rings is 1. The SMILES string of the molecule is Cc1cc2c(Oc3ccc(C[C@H](N)C(=O)N4CCN(CC5=CC=CCC5)CC4)cc3F)ccnc2[nH]1. The smallest absolute Gasteiger partial charge is 0.239 e. The maximum atomic E-state index is 14.9. The fourth-order valence-corrected chi connectivity index (χ4v) is 4.87. The molecule has 7 nitrogen and oxygen atoms in total. The zero-order valence-corrected chi connectivity index (χ0v) is 20.5. The van der Waals surface area contributed by atoms with Gasteiger partial charge in [-0.05, 0) is 56.0 Å². The summed E-state index contributed by atoms with van der Waals surface area (Å²) in [7, 11) is 0. The molecule has 3 N–H and O–H groups in total. The predicted octanol–water partition coefficient (Wildman–Crippen LogP) is 4.09. The second-order valence-corrected chi connectivity index (χ2v) is 9.59. The number of aromatic nitrogens is 2. The normalized spacial score (nSPS) is 17.3. The molecule has 36 heavy (non-hydrogen) atoms. The van der Waals surface area contributed by atoms with Gasteiger partial charge in [-0.1, -0.05) is 29.9 Å². The van der Waals surface area contributed by atoms with Gasteiger partial charge in [-0.15, -0.1) is 0 Å². The molecular formula is C28H32FN5O2. The summed E-state index contributed by atoms with van der Waals surface area (Å²) in [5.74, 6) is 0.0602. The number of nitrogens with one attached hydrogen (secondary N) is 1. The van der Waals surface area contributed by atoms with Crippen LogP contribution in [0.5, 0.6) is 11.5 Å². The molecule has 2 aromatic heterocycles. The highest BCUT2D eigenvalue weighted by Gasteiger charge is 2.26. The van der Waals surface area contributed by atoms with Crippen molar-refractivity contribution < 1.29 is 13.9 Å². The van der Waals surface area contributed by atoms with Crippen molar-refractivity contribution in [1.82, 2.24) is 19.8 Å². The monoisotopic (exact) mass is 489 g/mol. The summed E-state index contributed by atoms with van der Waals surface area (Å²) < 4.78 is 20.7. The fraction of sp³-hybridized carbons (Fsp3) is 0.357. The van der Waals surface area contributed by atoms with Crippen LogP contribution in [-0.4, -0.2) is 64.4 Å². The van der Waals surface area contributed by atoms with Crippen LogP contribution in [0.1, 0.15) is 24.1 Å². The number of aryl methyl sites for hydroxylation is 1. The molecule has 2 aliphatic rings. The number of aromatic amines is 1. The van der Waals surface area contributed by atoms with Gasteiger partial charge in [0.25, 0.3) is 0 Å². The Bertz CT molecular complexity index is 1310. The maximum absolute atomic E-state index is 14.9. The number of carbonyl (C=O) groups is 1. The summed E-state index contributed by atoms with van der Waals surface area (Å²) in [6.07, 6.45) is 10.6. The number of nitrogens with two attached hydrogens (primary N) is 1. The lowest BCUT2D eigenvalue weighted by atomic mass is 10.0.